The Balaban J connectivity index is 3.36. The molecule has 0 aromatic heterocycles. The van der Waals surface area contributed by atoms with E-state index in [1.807, 2.05) is 0 Å². The zero-order chi connectivity index (χ0) is 11.4. The van der Waals surface area contributed by atoms with Gasteiger partial charge in [0.15, 0.2) is 0 Å². The van der Waals surface area contributed by atoms with Crippen LogP contribution in [0.3, 0.4) is 0 Å². The molecule has 15 heavy (non-hydrogen) atoms. The lowest BCUT2D eigenvalue weighted by atomic mass is 10.1. The molecule has 3 nitrogen and oxygen atoms in total. The largest absolute Gasteiger partial charge is 0.465 e. The fraction of sp³-hybridized carbons (Fsp3) is 0.0909. The smallest absolute Gasteiger partial charge is 0.338 e. The zero-order valence-corrected chi connectivity index (χ0v) is 8.67. The first kappa shape index (κ1) is 11.3. The standard InChI is InChI=1S/C11H7ClO3/c1-3-7-4-5-8(10(12)13)9(6-7)11(14)15-2/h1,4-6H,2H3. The lowest BCUT2D eigenvalue weighted by Crippen LogP contribution is -2.08. The van der Waals surface area contributed by atoms with Crippen molar-refractivity contribution in [1.82, 2.24) is 0 Å². The molecule has 0 bridgehead atoms. The second kappa shape index (κ2) is 4.63. The topological polar surface area (TPSA) is 43.4 Å². The Bertz CT molecular complexity index is 457. The number of methoxy groups -OCH3 is 1. The van der Waals surface area contributed by atoms with E-state index in [1.165, 1.54) is 25.3 Å². The summed E-state index contributed by atoms with van der Waals surface area (Å²) < 4.78 is 4.51. The fourth-order valence-electron chi connectivity index (χ4n) is 1.08. The molecule has 4 heteroatoms. The number of benzene rings is 1. The number of carbonyl (C=O) groups is 2. The molecule has 1 aromatic rings. The first-order valence-electron chi connectivity index (χ1n) is 3.99. The van der Waals surface area contributed by atoms with Crippen LogP contribution in [0.25, 0.3) is 0 Å². The van der Waals surface area contributed by atoms with Crippen LogP contribution in [0.4, 0.5) is 0 Å². The van der Waals surface area contributed by atoms with Gasteiger partial charge >= 0.3 is 5.97 Å². The summed E-state index contributed by atoms with van der Waals surface area (Å²) in [6, 6.07) is 4.32. The van der Waals surface area contributed by atoms with E-state index in [1.54, 1.807) is 0 Å². The molecule has 0 aliphatic carbocycles. The van der Waals surface area contributed by atoms with Gasteiger partial charge in [-0.2, -0.15) is 0 Å². The molecule has 0 atom stereocenters. The van der Waals surface area contributed by atoms with Crippen LogP contribution in [-0.4, -0.2) is 18.3 Å². The second-order valence-corrected chi connectivity index (χ2v) is 3.01. The molecular formula is C11H7ClO3. The van der Waals surface area contributed by atoms with Crippen molar-refractivity contribution in [3.63, 3.8) is 0 Å². The Kier molecular flexibility index (Phi) is 3.48. The van der Waals surface area contributed by atoms with Crippen LogP contribution < -0.4 is 0 Å². The molecule has 76 valence electrons. The van der Waals surface area contributed by atoms with Gasteiger partial charge in [-0.15, -0.1) is 6.42 Å². The average molecular weight is 223 g/mol. The maximum atomic E-state index is 11.3. The van der Waals surface area contributed by atoms with E-state index in [4.69, 9.17) is 18.0 Å². The Labute approximate surface area is 92.0 Å². The maximum absolute atomic E-state index is 11.3. The molecule has 0 fully saturated rings. The highest BCUT2D eigenvalue weighted by Gasteiger charge is 2.16. The molecule has 0 aliphatic heterocycles. The number of hydrogen-bond acceptors (Lipinski definition) is 3. The van der Waals surface area contributed by atoms with Crippen LogP contribution in [0.1, 0.15) is 26.3 Å². The van der Waals surface area contributed by atoms with Crippen molar-refractivity contribution >= 4 is 22.8 Å². The SMILES string of the molecule is C#Cc1ccc(C(=O)Cl)c(C(=O)OC)c1. The van der Waals surface area contributed by atoms with Crippen molar-refractivity contribution in [2.45, 2.75) is 0 Å². The monoisotopic (exact) mass is 222 g/mol. The average Bonchev–Trinajstić information content (AvgIpc) is 2.26. The Morgan fingerprint density at radius 3 is 2.53 bits per heavy atom. The molecule has 1 rings (SSSR count). The van der Waals surface area contributed by atoms with Crippen molar-refractivity contribution in [2.24, 2.45) is 0 Å². The van der Waals surface area contributed by atoms with Crippen LogP contribution >= 0.6 is 11.6 Å². The summed E-state index contributed by atoms with van der Waals surface area (Å²) in [7, 11) is 1.22. The van der Waals surface area contributed by atoms with Gasteiger partial charge in [0, 0.05) is 11.1 Å². The van der Waals surface area contributed by atoms with E-state index in [0.29, 0.717) is 5.56 Å². The molecule has 0 radical (unpaired) electrons. The number of halogens is 1. The third-order valence-electron chi connectivity index (χ3n) is 1.80. The number of esters is 1. The van der Waals surface area contributed by atoms with Crippen LogP contribution in [0.15, 0.2) is 18.2 Å². The summed E-state index contributed by atoms with van der Waals surface area (Å²) in [5.74, 6) is 1.71. The summed E-state index contributed by atoms with van der Waals surface area (Å²) in [6.45, 7) is 0. The quantitative estimate of drug-likeness (QED) is 0.436. The van der Waals surface area contributed by atoms with Gasteiger partial charge in [-0.1, -0.05) is 5.92 Å². The summed E-state index contributed by atoms with van der Waals surface area (Å²) in [4.78, 5) is 22.3. The van der Waals surface area contributed by atoms with Crippen molar-refractivity contribution in [1.29, 1.82) is 0 Å². The number of hydrogen-bond donors (Lipinski definition) is 0. The van der Waals surface area contributed by atoms with Gasteiger partial charge in [-0.05, 0) is 29.8 Å². The van der Waals surface area contributed by atoms with Crippen molar-refractivity contribution in [3.8, 4) is 12.3 Å². The first-order chi connectivity index (χ1) is 7.10. The van der Waals surface area contributed by atoms with Gasteiger partial charge in [0.25, 0.3) is 5.24 Å². The molecule has 1 aromatic carbocycles. The van der Waals surface area contributed by atoms with E-state index in [0.717, 1.165) is 0 Å². The molecule has 0 unspecified atom stereocenters. The van der Waals surface area contributed by atoms with Gasteiger partial charge < -0.3 is 4.74 Å². The first-order valence-corrected chi connectivity index (χ1v) is 4.36. The molecule has 0 heterocycles. The number of rotatable bonds is 2. The van der Waals surface area contributed by atoms with E-state index >= 15 is 0 Å². The van der Waals surface area contributed by atoms with Crippen molar-refractivity contribution in [2.75, 3.05) is 7.11 Å². The minimum absolute atomic E-state index is 0.0768. The Morgan fingerprint density at radius 1 is 1.40 bits per heavy atom. The third-order valence-corrected chi connectivity index (χ3v) is 2.01. The molecule has 0 aliphatic rings. The summed E-state index contributed by atoms with van der Waals surface area (Å²) >= 11 is 5.31. The molecular weight excluding hydrogens is 216 g/mol. The van der Waals surface area contributed by atoms with Crippen LogP contribution in [0, 0.1) is 12.3 Å². The van der Waals surface area contributed by atoms with Gasteiger partial charge in [-0.25, -0.2) is 4.79 Å². The van der Waals surface area contributed by atoms with Crippen molar-refractivity contribution in [3.05, 3.63) is 34.9 Å². The highest BCUT2D eigenvalue weighted by Crippen LogP contribution is 2.15. The van der Waals surface area contributed by atoms with E-state index in [-0.39, 0.29) is 11.1 Å². The van der Waals surface area contributed by atoms with E-state index < -0.39 is 11.2 Å². The summed E-state index contributed by atoms with van der Waals surface area (Å²) in [5.41, 5.74) is 0.646. The maximum Gasteiger partial charge on any atom is 0.338 e. The lowest BCUT2D eigenvalue weighted by molar-refractivity contribution is 0.0598. The predicted octanol–water partition coefficient (Wildman–Crippen LogP) is 1.83. The minimum Gasteiger partial charge on any atom is -0.465 e. The van der Waals surface area contributed by atoms with E-state index in [9.17, 15) is 9.59 Å². The van der Waals surface area contributed by atoms with Gasteiger partial charge in [0.2, 0.25) is 0 Å². The summed E-state index contributed by atoms with van der Waals surface area (Å²) in [6.07, 6.45) is 5.17. The Hall–Kier alpha value is -1.79. The van der Waals surface area contributed by atoms with Crippen LogP contribution in [0.2, 0.25) is 0 Å². The van der Waals surface area contributed by atoms with E-state index in [2.05, 4.69) is 10.7 Å². The fourth-order valence-corrected chi connectivity index (χ4v) is 1.25. The normalized spacial score (nSPS) is 9.13. The molecule has 0 spiro atoms. The third kappa shape index (κ3) is 2.36. The predicted molar refractivity (Wildman–Crippen MR) is 55.9 cm³/mol. The highest BCUT2D eigenvalue weighted by molar-refractivity contribution is 6.68. The van der Waals surface area contributed by atoms with Crippen molar-refractivity contribution < 1.29 is 14.3 Å². The van der Waals surface area contributed by atoms with Crippen LogP contribution in [-0.2, 0) is 4.74 Å². The number of carbonyl (C=O) groups excluding carboxylic acids is 2. The van der Waals surface area contributed by atoms with Gasteiger partial charge in [-0.3, -0.25) is 4.79 Å². The highest BCUT2D eigenvalue weighted by atomic mass is 35.5. The zero-order valence-electron chi connectivity index (χ0n) is 7.91. The minimum atomic E-state index is -0.723. The molecule has 0 saturated heterocycles. The molecule has 0 saturated carbocycles. The summed E-state index contributed by atoms with van der Waals surface area (Å²) in [5, 5.41) is -0.723. The molecule has 0 amide bonds. The second-order valence-electron chi connectivity index (χ2n) is 2.67. The van der Waals surface area contributed by atoms with Crippen LogP contribution in [0.5, 0.6) is 0 Å². The van der Waals surface area contributed by atoms with Gasteiger partial charge in [0.05, 0.1) is 12.7 Å². The number of terminal acetylenes is 1. The van der Waals surface area contributed by atoms with Gasteiger partial charge in [0.1, 0.15) is 0 Å². The Morgan fingerprint density at radius 2 is 2.07 bits per heavy atom. The molecule has 0 N–H and O–H groups in total. The number of ether oxygens (including phenoxy) is 1. The lowest BCUT2D eigenvalue weighted by Gasteiger charge is -2.04.